The SMILES string of the molecule is CCCC/C=C/CCCCCCCCCCCCOC(=O)c1ccc(S(=O)(=O)[O-])cc1C(=O)OCCCCCCCCCCCC/C=C/CCCC.[Na+]. The van der Waals surface area contributed by atoms with E-state index >= 15 is 0 Å². The van der Waals surface area contributed by atoms with E-state index in [-0.39, 0.29) is 53.9 Å². The number of esters is 2. The molecule has 0 aliphatic rings. The first-order valence-electron chi connectivity index (χ1n) is 21.0. The summed E-state index contributed by atoms with van der Waals surface area (Å²) in [7, 11) is -4.81. The van der Waals surface area contributed by atoms with Gasteiger partial charge in [-0.1, -0.05) is 167 Å². The van der Waals surface area contributed by atoms with Crippen LogP contribution in [0, 0.1) is 0 Å². The van der Waals surface area contributed by atoms with Crippen LogP contribution in [0.1, 0.15) is 214 Å². The Morgan fingerprint density at radius 1 is 0.509 bits per heavy atom. The van der Waals surface area contributed by atoms with Crippen LogP contribution in [-0.4, -0.2) is 38.1 Å². The van der Waals surface area contributed by atoms with Gasteiger partial charge in [-0.15, -0.1) is 0 Å². The van der Waals surface area contributed by atoms with Gasteiger partial charge in [0.15, 0.2) is 0 Å². The van der Waals surface area contributed by atoms with Gasteiger partial charge in [0, 0.05) is 0 Å². The quantitative estimate of drug-likeness (QED) is 0.0222. The van der Waals surface area contributed by atoms with E-state index in [1.165, 1.54) is 134 Å². The second-order valence-corrected chi connectivity index (χ2v) is 15.7. The molecule has 0 N–H and O–H groups in total. The molecule has 7 nitrogen and oxygen atoms in total. The second kappa shape index (κ2) is 36.2. The van der Waals surface area contributed by atoms with Gasteiger partial charge in [0.2, 0.25) is 0 Å². The fraction of sp³-hybridized carbons (Fsp3) is 0.727. The third kappa shape index (κ3) is 29.5. The first-order chi connectivity index (χ1) is 25.3. The van der Waals surface area contributed by atoms with Crippen molar-refractivity contribution < 1.29 is 61.6 Å². The molecule has 0 aliphatic carbocycles. The molecule has 0 spiro atoms. The molecular weight excluding hydrogens is 696 g/mol. The average Bonchev–Trinajstić information content (AvgIpc) is 3.13. The summed E-state index contributed by atoms with van der Waals surface area (Å²) in [6, 6.07) is 3.13. The number of hydrogen-bond acceptors (Lipinski definition) is 7. The molecule has 0 aromatic heterocycles. The molecule has 298 valence electrons. The molecule has 0 radical (unpaired) electrons. The number of allylic oxidation sites excluding steroid dienone is 4. The summed E-state index contributed by atoms with van der Waals surface area (Å²) in [6.07, 6.45) is 42.1. The van der Waals surface area contributed by atoms with Crippen molar-refractivity contribution in [3.05, 3.63) is 53.6 Å². The van der Waals surface area contributed by atoms with Crippen LogP contribution in [0.25, 0.3) is 0 Å². The van der Waals surface area contributed by atoms with E-state index in [0.717, 1.165) is 50.7 Å². The van der Waals surface area contributed by atoms with Crippen molar-refractivity contribution in [3.8, 4) is 0 Å². The van der Waals surface area contributed by atoms with Gasteiger partial charge >= 0.3 is 41.5 Å². The van der Waals surface area contributed by atoms with Crippen molar-refractivity contribution in [2.24, 2.45) is 0 Å². The molecule has 53 heavy (non-hydrogen) atoms. The third-order valence-corrected chi connectivity index (χ3v) is 10.3. The molecule has 0 aliphatic heterocycles. The molecule has 0 amide bonds. The summed E-state index contributed by atoms with van der Waals surface area (Å²) in [5.41, 5.74) is -0.341. The van der Waals surface area contributed by atoms with Crippen molar-refractivity contribution in [3.63, 3.8) is 0 Å². The van der Waals surface area contributed by atoms with Crippen molar-refractivity contribution in [2.45, 2.75) is 199 Å². The van der Waals surface area contributed by atoms with Gasteiger partial charge in [0.05, 0.1) is 29.2 Å². The van der Waals surface area contributed by atoms with Crippen LogP contribution < -0.4 is 29.6 Å². The van der Waals surface area contributed by atoms with Gasteiger partial charge in [-0.05, 0) is 69.6 Å². The minimum absolute atomic E-state index is 0. The average molecular weight is 769 g/mol. The molecule has 0 bridgehead atoms. The molecule has 0 heterocycles. The number of carbonyl (C=O) groups is 2. The first kappa shape index (κ1) is 51.5. The van der Waals surface area contributed by atoms with Crippen molar-refractivity contribution in [2.75, 3.05) is 13.2 Å². The molecule has 0 fully saturated rings. The van der Waals surface area contributed by atoms with E-state index in [2.05, 4.69) is 38.2 Å². The molecule has 1 aromatic carbocycles. The van der Waals surface area contributed by atoms with Gasteiger partial charge in [-0.2, -0.15) is 0 Å². The number of carbonyl (C=O) groups excluding carboxylic acids is 2. The maximum atomic E-state index is 12.9. The minimum atomic E-state index is -4.81. The van der Waals surface area contributed by atoms with Crippen LogP contribution in [0.4, 0.5) is 0 Å². The Hall–Kier alpha value is -1.45. The molecule has 9 heteroatoms. The van der Waals surface area contributed by atoms with Crippen LogP contribution >= 0.6 is 0 Å². The maximum absolute atomic E-state index is 12.9. The smallest absolute Gasteiger partial charge is 0.744 e. The van der Waals surface area contributed by atoms with Crippen molar-refractivity contribution in [1.82, 2.24) is 0 Å². The minimum Gasteiger partial charge on any atom is -0.744 e. The van der Waals surface area contributed by atoms with Gasteiger partial charge < -0.3 is 14.0 Å². The molecule has 1 rings (SSSR count). The Bertz CT molecular complexity index is 1210. The van der Waals surface area contributed by atoms with Crippen LogP contribution in [0.15, 0.2) is 47.4 Å². The Morgan fingerprint density at radius 2 is 0.830 bits per heavy atom. The van der Waals surface area contributed by atoms with E-state index in [4.69, 9.17) is 9.47 Å². The van der Waals surface area contributed by atoms with Gasteiger partial charge in [0.25, 0.3) is 0 Å². The standard InChI is InChI=1S/C44H74O7S.Na/c1-3-5-7-9-11-13-15-17-19-21-23-25-27-29-31-33-37-50-43(45)41-36-35-40(52(47,48)49)39-42(41)44(46)51-38-34-32-30-28-26-24-22-20-18-16-14-12-10-8-6-4-2;/h9-12,35-36,39H,3-8,13-34,37-38H2,1-2H3,(H,47,48,49);/q;+1/p-1/b11-9+,12-10+;. The zero-order valence-electron chi connectivity index (χ0n) is 34.0. The van der Waals surface area contributed by atoms with Gasteiger partial charge in [0.1, 0.15) is 10.1 Å². The summed E-state index contributed by atoms with van der Waals surface area (Å²) in [4.78, 5) is 25.2. The molecule has 1 aromatic rings. The predicted octanol–water partition coefficient (Wildman–Crippen LogP) is 9.98. The van der Waals surface area contributed by atoms with Crippen molar-refractivity contribution in [1.29, 1.82) is 0 Å². The summed E-state index contributed by atoms with van der Waals surface area (Å²) >= 11 is 0. The maximum Gasteiger partial charge on any atom is 1.00 e. The molecule has 0 saturated heterocycles. The third-order valence-electron chi connectivity index (χ3n) is 9.50. The summed E-state index contributed by atoms with van der Waals surface area (Å²) in [6.45, 7) is 4.81. The number of ether oxygens (including phenoxy) is 2. The number of rotatable bonds is 35. The monoisotopic (exact) mass is 768 g/mol. The molecule has 0 saturated carbocycles. The van der Waals surface area contributed by atoms with E-state index in [0.29, 0.717) is 12.8 Å². The van der Waals surface area contributed by atoms with Crippen molar-refractivity contribution >= 4 is 22.1 Å². The van der Waals surface area contributed by atoms with Gasteiger partial charge in [-0.3, -0.25) is 0 Å². The Kier molecular flexibility index (Phi) is 35.2. The first-order valence-corrected chi connectivity index (χ1v) is 22.5. The van der Waals surface area contributed by atoms with Gasteiger partial charge in [-0.25, -0.2) is 18.0 Å². The summed E-state index contributed by atoms with van der Waals surface area (Å²) < 4.78 is 45.7. The van der Waals surface area contributed by atoms with E-state index < -0.39 is 27.0 Å². The molecular formula is C44H73NaO7S. The summed E-state index contributed by atoms with van der Waals surface area (Å²) in [5, 5.41) is 0. The zero-order chi connectivity index (χ0) is 38.0. The number of hydrogen-bond donors (Lipinski definition) is 0. The second-order valence-electron chi connectivity index (χ2n) is 14.3. The fourth-order valence-electron chi connectivity index (χ4n) is 6.18. The molecule has 0 atom stereocenters. The summed E-state index contributed by atoms with van der Waals surface area (Å²) in [5.74, 6) is -1.55. The Labute approximate surface area is 347 Å². The molecule has 0 unspecified atom stereocenters. The normalized spacial score (nSPS) is 11.7. The predicted molar refractivity (Wildman–Crippen MR) is 214 cm³/mol. The zero-order valence-corrected chi connectivity index (χ0v) is 36.8. The number of unbranched alkanes of at least 4 members (excludes halogenated alkanes) is 24. The van der Waals surface area contributed by atoms with Crippen LogP contribution in [0.5, 0.6) is 0 Å². The fourth-order valence-corrected chi connectivity index (χ4v) is 6.68. The Balaban J connectivity index is 0.0000270. The van der Waals surface area contributed by atoms with Crippen LogP contribution in [-0.2, 0) is 19.6 Å². The Morgan fingerprint density at radius 3 is 1.19 bits per heavy atom. The topological polar surface area (TPSA) is 110 Å². The number of benzene rings is 1. The van der Waals surface area contributed by atoms with E-state index in [1.54, 1.807) is 0 Å². The van der Waals surface area contributed by atoms with Crippen LogP contribution in [0.2, 0.25) is 0 Å². The van der Waals surface area contributed by atoms with E-state index in [1.807, 2.05) is 0 Å². The van der Waals surface area contributed by atoms with E-state index in [9.17, 15) is 22.6 Å². The van der Waals surface area contributed by atoms with Crippen LogP contribution in [0.3, 0.4) is 0 Å². The largest absolute Gasteiger partial charge is 1.00 e.